The first-order valence-corrected chi connectivity index (χ1v) is 9.05. The Morgan fingerprint density at radius 1 is 0.692 bits per heavy atom. The lowest BCUT2D eigenvalue weighted by molar-refractivity contribution is -0.191. The Bertz CT molecular complexity index is 452. The largest absolute Gasteiger partial charge is 0.466 e. The van der Waals surface area contributed by atoms with Crippen LogP contribution in [0.2, 0.25) is 0 Å². The number of carbonyl (C=O) groups excluding carboxylic acids is 4. The number of esters is 4. The van der Waals surface area contributed by atoms with Crippen molar-refractivity contribution < 1.29 is 38.1 Å². The smallest absolute Gasteiger partial charge is 0.351 e. The van der Waals surface area contributed by atoms with Crippen molar-refractivity contribution in [2.24, 2.45) is 0 Å². The third kappa shape index (κ3) is 8.82. The molecule has 0 amide bonds. The van der Waals surface area contributed by atoms with Gasteiger partial charge in [-0.1, -0.05) is 19.8 Å². The van der Waals surface area contributed by atoms with Gasteiger partial charge in [-0.3, -0.25) is 14.4 Å². The summed E-state index contributed by atoms with van der Waals surface area (Å²) in [7, 11) is 0. The van der Waals surface area contributed by atoms with Gasteiger partial charge in [0.25, 0.3) is 0 Å². The average Bonchev–Trinajstić information content (AvgIpc) is 2.55. The first-order chi connectivity index (χ1) is 12.3. The predicted molar refractivity (Wildman–Crippen MR) is 92.1 cm³/mol. The molecule has 0 aromatic heterocycles. The molecule has 0 N–H and O–H groups in total. The van der Waals surface area contributed by atoms with Crippen molar-refractivity contribution in [3.63, 3.8) is 0 Å². The Morgan fingerprint density at radius 3 is 1.62 bits per heavy atom. The minimum absolute atomic E-state index is 0.000378. The SMILES string of the molecule is CCCCCC(=O)OC(CC(=O)OCC)(CC(=O)OCC)C(=O)OCC. The van der Waals surface area contributed by atoms with Crippen molar-refractivity contribution in [1.82, 2.24) is 0 Å². The first kappa shape index (κ1) is 23.9. The van der Waals surface area contributed by atoms with Gasteiger partial charge in [-0.2, -0.15) is 0 Å². The standard InChI is InChI=1S/C18H30O8/c1-5-9-10-11-14(19)26-18(17(22)25-8-4,12-15(20)23-6-2)13-16(21)24-7-3/h5-13H2,1-4H3. The molecule has 8 heteroatoms. The highest BCUT2D eigenvalue weighted by Crippen LogP contribution is 2.26. The minimum atomic E-state index is -2.09. The third-order valence-corrected chi connectivity index (χ3v) is 3.41. The molecule has 0 saturated carbocycles. The number of hydrogen-bond donors (Lipinski definition) is 0. The summed E-state index contributed by atoms with van der Waals surface area (Å²) in [5.74, 6) is -3.19. The van der Waals surface area contributed by atoms with Crippen LogP contribution < -0.4 is 0 Å². The molecule has 26 heavy (non-hydrogen) atoms. The molecule has 0 saturated heterocycles. The van der Waals surface area contributed by atoms with Gasteiger partial charge in [-0.15, -0.1) is 0 Å². The molecule has 0 atom stereocenters. The van der Waals surface area contributed by atoms with Gasteiger partial charge in [0.05, 0.1) is 32.7 Å². The van der Waals surface area contributed by atoms with E-state index in [0.717, 1.165) is 12.8 Å². The third-order valence-electron chi connectivity index (χ3n) is 3.41. The Labute approximate surface area is 154 Å². The van der Waals surface area contributed by atoms with Crippen LogP contribution in [0.4, 0.5) is 0 Å². The van der Waals surface area contributed by atoms with E-state index in [1.807, 2.05) is 6.92 Å². The molecule has 0 aliphatic rings. The van der Waals surface area contributed by atoms with Crippen LogP contribution in [0.15, 0.2) is 0 Å². The molecule has 0 radical (unpaired) electrons. The van der Waals surface area contributed by atoms with E-state index >= 15 is 0 Å². The second-order valence-corrected chi connectivity index (χ2v) is 5.61. The van der Waals surface area contributed by atoms with Crippen LogP contribution in [0.3, 0.4) is 0 Å². The number of hydrogen-bond acceptors (Lipinski definition) is 8. The molecule has 0 aliphatic carbocycles. The molecule has 0 fully saturated rings. The lowest BCUT2D eigenvalue weighted by atomic mass is 9.94. The van der Waals surface area contributed by atoms with E-state index in [-0.39, 0.29) is 26.2 Å². The maximum Gasteiger partial charge on any atom is 0.351 e. The average molecular weight is 374 g/mol. The molecular weight excluding hydrogens is 344 g/mol. The van der Waals surface area contributed by atoms with E-state index in [1.165, 1.54) is 0 Å². The lowest BCUT2D eigenvalue weighted by Gasteiger charge is -2.29. The van der Waals surface area contributed by atoms with Gasteiger partial charge in [-0.05, 0) is 27.2 Å². The van der Waals surface area contributed by atoms with Gasteiger partial charge >= 0.3 is 23.9 Å². The minimum Gasteiger partial charge on any atom is -0.466 e. The number of rotatable bonds is 13. The van der Waals surface area contributed by atoms with Crippen molar-refractivity contribution in [2.75, 3.05) is 19.8 Å². The van der Waals surface area contributed by atoms with Crippen LogP contribution in [0, 0.1) is 0 Å². The highest BCUT2D eigenvalue weighted by Gasteiger charge is 2.49. The first-order valence-electron chi connectivity index (χ1n) is 9.05. The van der Waals surface area contributed by atoms with Crippen LogP contribution in [-0.2, 0) is 38.1 Å². The maximum atomic E-state index is 12.5. The van der Waals surface area contributed by atoms with Crippen LogP contribution in [0.5, 0.6) is 0 Å². The Hall–Kier alpha value is -2.12. The molecule has 0 aromatic carbocycles. The summed E-state index contributed by atoms with van der Waals surface area (Å²) >= 11 is 0. The zero-order valence-electron chi connectivity index (χ0n) is 16.1. The highest BCUT2D eigenvalue weighted by molar-refractivity contribution is 5.92. The normalized spacial score (nSPS) is 10.8. The van der Waals surface area contributed by atoms with Crippen LogP contribution in [0.1, 0.15) is 66.2 Å². The molecule has 0 bridgehead atoms. The Morgan fingerprint density at radius 2 is 1.19 bits per heavy atom. The van der Waals surface area contributed by atoms with Crippen molar-refractivity contribution in [3.8, 4) is 0 Å². The predicted octanol–water partition coefficient (Wildman–Crippen LogP) is 2.32. The molecular formula is C18H30O8. The number of unbranched alkanes of at least 4 members (excludes halogenated alkanes) is 2. The van der Waals surface area contributed by atoms with Crippen LogP contribution in [-0.4, -0.2) is 49.3 Å². The molecule has 0 spiro atoms. The summed E-state index contributed by atoms with van der Waals surface area (Å²) < 4.78 is 20.0. The van der Waals surface area contributed by atoms with Gasteiger partial charge < -0.3 is 18.9 Å². The second-order valence-electron chi connectivity index (χ2n) is 5.61. The van der Waals surface area contributed by atoms with Crippen molar-refractivity contribution >= 4 is 23.9 Å². The zero-order chi connectivity index (χ0) is 20.0. The van der Waals surface area contributed by atoms with Crippen molar-refractivity contribution in [3.05, 3.63) is 0 Å². The summed E-state index contributed by atoms with van der Waals surface area (Å²) in [6.45, 7) is 6.93. The second kappa shape index (κ2) is 13.1. The molecule has 0 aromatic rings. The summed E-state index contributed by atoms with van der Waals surface area (Å²) in [6.07, 6.45) is 1.14. The fraction of sp³-hybridized carbons (Fsp3) is 0.778. The summed E-state index contributed by atoms with van der Waals surface area (Å²) in [5, 5.41) is 0. The van der Waals surface area contributed by atoms with Gasteiger partial charge in [-0.25, -0.2) is 4.79 Å². The van der Waals surface area contributed by atoms with Gasteiger partial charge in [0.2, 0.25) is 5.60 Å². The highest BCUT2D eigenvalue weighted by atomic mass is 16.6. The van der Waals surface area contributed by atoms with Crippen LogP contribution >= 0.6 is 0 Å². The van der Waals surface area contributed by atoms with Gasteiger partial charge in [0.15, 0.2) is 0 Å². The summed E-state index contributed by atoms with van der Waals surface area (Å²) in [6, 6.07) is 0. The quantitative estimate of drug-likeness (QED) is 0.275. The lowest BCUT2D eigenvalue weighted by Crippen LogP contribution is -2.48. The van der Waals surface area contributed by atoms with Gasteiger partial charge in [0, 0.05) is 6.42 Å². The molecule has 150 valence electrons. The molecule has 0 unspecified atom stereocenters. The summed E-state index contributed by atoms with van der Waals surface area (Å²) in [5.41, 5.74) is -2.09. The fourth-order valence-corrected chi connectivity index (χ4v) is 2.26. The van der Waals surface area contributed by atoms with E-state index in [9.17, 15) is 19.2 Å². The van der Waals surface area contributed by atoms with E-state index in [4.69, 9.17) is 18.9 Å². The molecule has 8 nitrogen and oxygen atoms in total. The van der Waals surface area contributed by atoms with Crippen molar-refractivity contribution in [1.29, 1.82) is 0 Å². The van der Waals surface area contributed by atoms with Gasteiger partial charge in [0.1, 0.15) is 0 Å². The maximum absolute atomic E-state index is 12.5. The molecule has 0 aliphatic heterocycles. The Kier molecular flexibility index (Phi) is 12.1. The van der Waals surface area contributed by atoms with Crippen molar-refractivity contribution in [2.45, 2.75) is 71.8 Å². The number of carbonyl (C=O) groups is 4. The van der Waals surface area contributed by atoms with E-state index in [2.05, 4.69) is 0 Å². The zero-order valence-corrected chi connectivity index (χ0v) is 16.1. The Balaban J connectivity index is 5.53. The van der Waals surface area contributed by atoms with E-state index in [0.29, 0.717) is 6.42 Å². The monoisotopic (exact) mass is 374 g/mol. The summed E-state index contributed by atoms with van der Waals surface area (Å²) in [4.78, 5) is 48.6. The fourth-order valence-electron chi connectivity index (χ4n) is 2.26. The molecule has 0 rings (SSSR count). The topological polar surface area (TPSA) is 105 Å². The molecule has 0 heterocycles. The van der Waals surface area contributed by atoms with E-state index in [1.54, 1.807) is 20.8 Å². The number of ether oxygens (including phenoxy) is 4. The van der Waals surface area contributed by atoms with Crippen LogP contribution in [0.25, 0.3) is 0 Å². The van der Waals surface area contributed by atoms with E-state index < -0.39 is 42.3 Å².